The molecule has 0 saturated carbocycles. The summed E-state index contributed by atoms with van der Waals surface area (Å²) in [5.74, 6) is 1.31. The number of para-hydroxylation sites is 1. The van der Waals surface area contributed by atoms with Crippen LogP contribution < -0.4 is 19.9 Å². The van der Waals surface area contributed by atoms with Crippen LogP contribution in [0.3, 0.4) is 0 Å². The second-order valence-electron chi connectivity index (χ2n) is 3.44. The molecule has 1 aliphatic heterocycles. The molecule has 0 saturated heterocycles. The van der Waals surface area contributed by atoms with Gasteiger partial charge in [-0.05, 0) is 12.1 Å². The average molecular weight is 258 g/mol. The number of hydrogen-bond donors (Lipinski definition) is 1. The van der Waals surface area contributed by atoms with Gasteiger partial charge in [0.25, 0.3) is 5.91 Å². The van der Waals surface area contributed by atoms with Crippen molar-refractivity contribution in [3.05, 3.63) is 18.2 Å². The molecule has 5 nitrogen and oxygen atoms in total. The first kappa shape index (κ1) is 11.9. The van der Waals surface area contributed by atoms with E-state index in [1.807, 2.05) is 0 Å². The highest BCUT2D eigenvalue weighted by Crippen LogP contribution is 2.40. The summed E-state index contributed by atoms with van der Waals surface area (Å²) < 4.78 is 16.2. The summed E-state index contributed by atoms with van der Waals surface area (Å²) in [6, 6.07) is 5.19. The van der Waals surface area contributed by atoms with Crippen LogP contribution >= 0.6 is 11.6 Å². The van der Waals surface area contributed by atoms with Crippen LogP contribution in [-0.4, -0.2) is 31.1 Å². The van der Waals surface area contributed by atoms with Crippen LogP contribution in [0.15, 0.2) is 18.2 Å². The third kappa shape index (κ3) is 2.55. The Balaban J connectivity index is 2.19. The molecular formula is C11H12ClNO4. The minimum absolute atomic E-state index is 0.0869. The fraction of sp³-hybridized carbons (Fsp3) is 0.364. The topological polar surface area (TPSA) is 70.8 Å². The molecule has 0 radical (unpaired) electrons. The number of carbonyl (C=O) groups excluding carboxylic acids is 1. The highest BCUT2D eigenvalue weighted by Gasteiger charge is 2.27. The van der Waals surface area contributed by atoms with Gasteiger partial charge in [-0.25, -0.2) is 0 Å². The molecule has 0 aromatic heterocycles. The molecule has 92 valence electrons. The van der Waals surface area contributed by atoms with Gasteiger partial charge in [0, 0.05) is 0 Å². The molecule has 0 aliphatic carbocycles. The molecule has 1 atom stereocenters. The number of halogens is 1. The SMILES string of the molecule is NC(=O)C1COc2c(OCCCl)cccc2O1. The van der Waals surface area contributed by atoms with Crippen LogP contribution in [0.5, 0.6) is 17.2 Å². The number of amides is 1. The number of nitrogens with two attached hydrogens (primary N) is 1. The van der Waals surface area contributed by atoms with Crippen molar-refractivity contribution in [1.82, 2.24) is 0 Å². The van der Waals surface area contributed by atoms with Crippen molar-refractivity contribution >= 4 is 17.5 Å². The highest BCUT2D eigenvalue weighted by molar-refractivity contribution is 6.18. The maximum atomic E-state index is 11.0. The van der Waals surface area contributed by atoms with Crippen molar-refractivity contribution in [2.75, 3.05) is 19.1 Å². The lowest BCUT2D eigenvalue weighted by Gasteiger charge is -2.25. The van der Waals surface area contributed by atoms with E-state index in [0.717, 1.165) is 0 Å². The molecule has 0 bridgehead atoms. The van der Waals surface area contributed by atoms with Gasteiger partial charge in [0.05, 0.1) is 5.88 Å². The largest absolute Gasteiger partial charge is 0.488 e. The fourth-order valence-corrected chi connectivity index (χ4v) is 1.56. The number of rotatable bonds is 4. The number of fused-ring (bicyclic) bond motifs is 1. The summed E-state index contributed by atoms with van der Waals surface area (Å²) >= 11 is 5.54. The smallest absolute Gasteiger partial charge is 0.262 e. The first-order valence-corrected chi connectivity index (χ1v) is 5.66. The number of hydrogen-bond acceptors (Lipinski definition) is 4. The average Bonchev–Trinajstić information content (AvgIpc) is 2.35. The van der Waals surface area contributed by atoms with Crippen LogP contribution in [0.4, 0.5) is 0 Å². The number of ether oxygens (including phenoxy) is 3. The van der Waals surface area contributed by atoms with Gasteiger partial charge in [-0.2, -0.15) is 0 Å². The molecule has 6 heteroatoms. The predicted molar refractivity (Wildman–Crippen MR) is 61.8 cm³/mol. The van der Waals surface area contributed by atoms with Crippen LogP contribution in [0, 0.1) is 0 Å². The zero-order valence-electron chi connectivity index (χ0n) is 9.02. The minimum Gasteiger partial charge on any atom is -0.488 e. The van der Waals surface area contributed by atoms with E-state index in [1.165, 1.54) is 0 Å². The maximum absolute atomic E-state index is 11.0. The molecular weight excluding hydrogens is 246 g/mol. The standard InChI is InChI=1S/C11H12ClNO4/c12-4-5-15-7-2-1-3-8-10(7)16-6-9(17-8)11(13)14/h1-3,9H,4-6H2,(H2,13,14). The molecule has 1 aromatic rings. The molecule has 2 N–H and O–H groups in total. The lowest BCUT2D eigenvalue weighted by atomic mass is 10.2. The van der Waals surface area contributed by atoms with Gasteiger partial charge in [-0.1, -0.05) is 6.07 Å². The Morgan fingerprint density at radius 3 is 3.12 bits per heavy atom. The van der Waals surface area contributed by atoms with Crippen molar-refractivity contribution in [2.24, 2.45) is 5.73 Å². The van der Waals surface area contributed by atoms with Gasteiger partial charge in [-0.3, -0.25) is 4.79 Å². The molecule has 1 aliphatic rings. The molecule has 1 aromatic carbocycles. The predicted octanol–water partition coefficient (Wildman–Crippen LogP) is 0.929. The maximum Gasteiger partial charge on any atom is 0.262 e. The van der Waals surface area contributed by atoms with E-state index < -0.39 is 12.0 Å². The molecule has 2 rings (SSSR count). The van der Waals surface area contributed by atoms with Crippen LogP contribution in [0.25, 0.3) is 0 Å². The Labute approximate surface area is 103 Å². The molecule has 0 spiro atoms. The van der Waals surface area contributed by atoms with E-state index in [2.05, 4.69) is 0 Å². The first-order chi connectivity index (χ1) is 8.22. The molecule has 1 unspecified atom stereocenters. The van der Waals surface area contributed by atoms with Gasteiger partial charge in [0.15, 0.2) is 11.5 Å². The van der Waals surface area contributed by atoms with Crippen LogP contribution in [0.1, 0.15) is 0 Å². The number of benzene rings is 1. The van der Waals surface area contributed by atoms with Crippen LogP contribution in [-0.2, 0) is 4.79 Å². The van der Waals surface area contributed by atoms with E-state index in [4.69, 9.17) is 31.5 Å². The number of carbonyl (C=O) groups is 1. The Morgan fingerprint density at radius 1 is 1.59 bits per heavy atom. The summed E-state index contributed by atoms with van der Waals surface area (Å²) in [4.78, 5) is 11.0. The summed E-state index contributed by atoms with van der Waals surface area (Å²) in [5, 5.41) is 0. The van der Waals surface area contributed by atoms with E-state index >= 15 is 0 Å². The number of primary amides is 1. The normalized spacial score (nSPS) is 17.6. The molecule has 17 heavy (non-hydrogen) atoms. The summed E-state index contributed by atoms with van der Waals surface area (Å²) in [7, 11) is 0. The Kier molecular flexibility index (Phi) is 3.58. The van der Waals surface area contributed by atoms with Crippen LogP contribution in [0.2, 0.25) is 0 Å². The highest BCUT2D eigenvalue weighted by atomic mass is 35.5. The van der Waals surface area contributed by atoms with Gasteiger partial charge in [0.2, 0.25) is 11.9 Å². The van der Waals surface area contributed by atoms with E-state index in [9.17, 15) is 4.79 Å². The summed E-state index contributed by atoms with van der Waals surface area (Å²) in [6.07, 6.45) is -0.759. The minimum atomic E-state index is -0.759. The van der Waals surface area contributed by atoms with Crippen molar-refractivity contribution in [3.63, 3.8) is 0 Å². The zero-order valence-corrected chi connectivity index (χ0v) is 9.77. The van der Waals surface area contributed by atoms with Gasteiger partial charge in [-0.15, -0.1) is 11.6 Å². The van der Waals surface area contributed by atoms with Gasteiger partial charge >= 0.3 is 0 Å². The Bertz CT molecular complexity index is 424. The quantitative estimate of drug-likeness (QED) is 0.815. The van der Waals surface area contributed by atoms with Gasteiger partial charge in [0.1, 0.15) is 13.2 Å². The van der Waals surface area contributed by atoms with Crippen molar-refractivity contribution in [2.45, 2.75) is 6.10 Å². The third-order valence-corrected chi connectivity index (χ3v) is 2.40. The second kappa shape index (κ2) is 5.14. The monoisotopic (exact) mass is 257 g/mol. The fourth-order valence-electron chi connectivity index (χ4n) is 1.48. The number of alkyl halides is 1. The lowest BCUT2D eigenvalue weighted by molar-refractivity contribution is -0.127. The van der Waals surface area contributed by atoms with E-state index in [-0.39, 0.29) is 6.61 Å². The van der Waals surface area contributed by atoms with Crippen molar-refractivity contribution in [1.29, 1.82) is 0 Å². The lowest BCUT2D eigenvalue weighted by Crippen LogP contribution is -2.40. The summed E-state index contributed by atoms with van der Waals surface area (Å²) in [5.41, 5.74) is 5.15. The van der Waals surface area contributed by atoms with Gasteiger partial charge < -0.3 is 19.9 Å². The molecule has 1 heterocycles. The van der Waals surface area contributed by atoms with Crippen molar-refractivity contribution < 1.29 is 19.0 Å². The first-order valence-electron chi connectivity index (χ1n) is 5.13. The van der Waals surface area contributed by atoms with Crippen molar-refractivity contribution in [3.8, 4) is 17.2 Å². The second-order valence-corrected chi connectivity index (χ2v) is 3.82. The molecule has 1 amide bonds. The molecule has 0 fully saturated rings. The Morgan fingerprint density at radius 2 is 2.41 bits per heavy atom. The Hall–Kier alpha value is -1.62. The van der Waals surface area contributed by atoms with E-state index in [1.54, 1.807) is 18.2 Å². The zero-order chi connectivity index (χ0) is 12.3. The summed E-state index contributed by atoms with van der Waals surface area (Å²) in [6.45, 7) is 0.462. The third-order valence-electron chi connectivity index (χ3n) is 2.24. The van der Waals surface area contributed by atoms with E-state index in [0.29, 0.717) is 29.7 Å².